The van der Waals surface area contributed by atoms with Gasteiger partial charge in [0.05, 0.1) is 5.69 Å². The lowest BCUT2D eigenvalue weighted by molar-refractivity contribution is 0.132. The highest BCUT2D eigenvalue weighted by Gasteiger charge is 2.17. The number of hydrogen-bond acceptors (Lipinski definition) is 5. The number of aliphatic hydroxyl groups is 1. The summed E-state index contributed by atoms with van der Waals surface area (Å²) in [7, 11) is 0. The summed E-state index contributed by atoms with van der Waals surface area (Å²) in [6.45, 7) is 0. The van der Waals surface area contributed by atoms with Gasteiger partial charge in [-0.25, -0.2) is 5.12 Å². The van der Waals surface area contributed by atoms with Gasteiger partial charge in [-0.05, 0) is 12.1 Å². The van der Waals surface area contributed by atoms with Crippen molar-refractivity contribution in [2.24, 2.45) is 0 Å². The highest BCUT2D eigenvalue weighted by Crippen LogP contribution is 2.09. The van der Waals surface area contributed by atoms with Crippen molar-refractivity contribution in [2.45, 2.75) is 6.35 Å². The van der Waals surface area contributed by atoms with Crippen LogP contribution in [-0.2, 0) is 0 Å². The van der Waals surface area contributed by atoms with Gasteiger partial charge in [-0.3, -0.25) is 0 Å². The van der Waals surface area contributed by atoms with Gasteiger partial charge in [-0.1, -0.05) is 18.2 Å². The number of hydrogen-bond donors (Lipinski definition) is 4. The molecule has 0 bridgehead atoms. The maximum atomic E-state index is 9.03. The maximum absolute atomic E-state index is 9.03. The van der Waals surface area contributed by atoms with Crippen molar-refractivity contribution in [3.63, 3.8) is 0 Å². The van der Waals surface area contributed by atoms with Crippen LogP contribution in [0, 0.1) is 0 Å². The summed E-state index contributed by atoms with van der Waals surface area (Å²) in [5, 5.41) is 10.6. The Bertz CT molecular complexity index is 253. The molecule has 4 N–H and O–H groups in total. The van der Waals surface area contributed by atoms with Crippen LogP contribution in [0.2, 0.25) is 0 Å². The van der Waals surface area contributed by atoms with Crippen molar-refractivity contribution in [1.29, 1.82) is 0 Å². The fourth-order valence-electron chi connectivity index (χ4n) is 1.03. The van der Waals surface area contributed by atoms with Crippen molar-refractivity contribution >= 4 is 5.69 Å². The van der Waals surface area contributed by atoms with Crippen LogP contribution in [0.3, 0.4) is 0 Å². The Kier molecular flexibility index (Phi) is 1.92. The number of benzene rings is 1. The Morgan fingerprint density at radius 3 is 2.58 bits per heavy atom. The molecule has 1 saturated heterocycles. The molecule has 5 nitrogen and oxygen atoms in total. The highest BCUT2D eigenvalue weighted by molar-refractivity contribution is 5.43. The molecule has 0 amide bonds. The first-order chi connectivity index (χ1) is 5.86. The van der Waals surface area contributed by atoms with E-state index in [4.69, 9.17) is 5.11 Å². The van der Waals surface area contributed by atoms with E-state index in [2.05, 4.69) is 16.4 Å². The van der Waals surface area contributed by atoms with Crippen molar-refractivity contribution in [2.75, 3.05) is 5.12 Å². The average molecular weight is 166 g/mol. The van der Waals surface area contributed by atoms with Crippen molar-refractivity contribution in [3.05, 3.63) is 30.3 Å². The highest BCUT2D eigenvalue weighted by atomic mass is 16.3. The van der Waals surface area contributed by atoms with Crippen LogP contribution in [-0.4, -0.2) is 11.5 Å². The van der Waals surface area contributed by atoms with Crippen molar-refractivity contribution in [3.8, 4) is 0 Å². The molecule has 0 aliphatic carbocycles. The fourth-order valence-corrected chi connectivity index (χ4v) is 1.03. The van der Waals surface area contributed by atoms with Gasteiger partial charge >= 0.3 is 0 Å². The van der Waals surface area contributed by atoms with Gasteiger partial charge < -0.3 is 5.11 Å². The van der Waals surface area contributed by atoms with Crippen LogP contribution >= 0.6 is 0 Å². The third kappa shape index (κ3) is 1.39. The number of hydrazine groups is 3. The van der Waals surface area contributed by atoms with Crippen molar-refractivity contribution in [1.82, 2.24) is 16.4 Å². The molecule has 1 aliphatic rings. The van der Waals surface area contributed by atoms with Crippen LogP contribution in [0.4, 0.5) is 5.69 Å². The van der Waals surface area contributed by atoms with Gasteiger partial charge in [0.1, 0.15) is 0 Å². The first kappa shape index (κ1) is 7.51. The summed E-state index contributed by atoms with van der Waals surface area (Å²) in [6.07, 6.45) is -0.745. The molecule has 1 aromatic rings. The monoisotopic (exact) mass is 166 g/mol. The maximum Gasteiger partial charge on any atom is 0.192 e. The van der Waals surface area contributed by atoms with Crippen LogP contribution < -0.4 is 21.5 Å². The number of nitrogens with zero attached hydrogens (tertiary/aromatic N) is 1. The predicted molar refractivity (Wildman–Crippen MR) is 44.3 cm³/mol. The summed E-state index contributed by atoms with van der Waals surface area (Å²) in [5.74, 6) is 0. The first-order valence-corrected chi connectivity index (χ1v) is 3.67. The minimum absolute atomic E-state index is 0.745. The van der Waals surface area contributed by atoms with Crippen LogP contribution in [0.15, 0.2) is 30.3 Å². The van der Waals surface area contributed by atoms with Gasteiger partial charge in [0, 0.05) is 0 Å². The minimum atomic E-state index is -0.745. The standard InChI is InChI=1S/C7H10N4O/c12-7-8-10-11(9-7)6-4-2-1-3-5-6/h1-5,7-10,12H. The summed E-state index contributed by atoms with van der Waals surface area (Å²) < 4.78 is 0. The molecule has 0 aromatic heterocycles. The van der Waals surface area contributed by atoms with Crippen LogP contribution in [0.1, 0.15) is 0 Å². The number of anilines is 1. The number of rotatable bonds is 1. The summed E-state index contributed by atoms with van der Waals surface area (Å²) in [6, 6.07) is 9.61. The molecule has 0 saturated carbocycles. The summed E-state index contributed by atoms with van der Waals surface area (Å²) >= 11 is 0. The molecule has 0 radical (unpaired) electrons. The molecule has 2 rings (SSSR count). The zero-order valence-corrected chi connectivity index (χ0v) is 6.36. The van der Waals surface area contributed by atoms with E-state index in [1.807, 2.05) is 30.3 Å². The number of para-hydroxylation sites is 1. The first-order valence-electron chi connectivity index (χ1n) is 3.67. The van der Waals surface area contributed by atoms with E-state index >= 15 is 0 Å². The Balaban J connectivity index is 2.11. The Morgan fingerprint density at radius 2 is 2.00 bits per heavy atom. The lowest BCUT2D eigenvalue weighted by atomic mass is 10.3. The minimum Gasteiger partial charge on any atom is -0.363 e. The van der Waals surface area contributed by atoms with E-state index in [1.165, 1.54) is 0 Å². The van der Waals surface area contributed by atoms with E-state index in [0.29, 0.717) is 0 Å². The summed E-state index contributed by atoms with van der Waals surface area (Å²) in [4.78, 5) is 0. The third-order valence-corrected chi connectivity index (χ3v) is 1.58. The topological polar surface area (TPSA) is 59.6 Å². The molecule has 5 heteroatoms. The van der Waals surface area contributed by atoms with E-state index in [9.17, 15) is 0 Å². The Morgan fingerprint density at radius 1 is 1.25 bits per heavy atom. The van der Waals surface area contributed by atoms with Gasteiger partial charge in [0.15, 0.2) is 6.35 Å². The van der Waals surface area contributed by atoms with Gasteiger partial charge in [0.25, 0.3) is 0 Å². The molecule has 1 unspecified atom stereocenters. The van der Waals surface area contributed by atoms with E-state index in [0.717, 1.165) is 5.69 Å². The molecule has 0 spiro atoms. The quantitative estimate of drug-likeness (QED) is 0.444. The Labute approximate surface area is 69.9 Å². The molecule has 1 heterocycles. The lowest BCUT2D eigenvalue weighted by Gasteiger charge is -2.15. The van der Waals surface area contributed by atoms with Crippen LogP contribution in [0.25, 0.3) is 0 Å². The lowest BCUT2D eigenvalue weighted by Crippen LogP contribution is -2.40. The normalized spacial score (nSPS) is 23.1. The second-order valence-electron chi connectivity index (χ2n) is 2.46. The molecule has 1 fully saturated rings. The predicted octanol–water partition coefficient (Wildman–Crippen LogP) is -0.704. The van der Waals surface area contributed by atoms with E-state index in [-0.39, 0.29) is 0 Å². The average Bonchev–Trinajstić information content (AvgIpc) is 2.54. The largest absolute Gasteiger partial charge is 0.363 e. The van der Waals surface area contributed by atoms with Crippen molar-refractivity contribution < 1.29 is 5.11 Å². The zero-order valence-electron chi connectivity index (χ0n) is 6.36. The van der Waals surface area contributed by atoms with E-state index < -0.39 is 6.35 Å². The molecule has 1 aliphatic heterocycles. The Hall–Kier alpha value is -1.14. The fraction of sp³-hybridized carbons (Fsp3) is 0.143. The van der Waals surface area contributed by atoms with Gasteiger partial charge in [0.2, 0.25) is 0 Å². The van der Waals surface area contributed by atoms with Gasteiger partial charge in [-0.15, -0.1) is 0 Å². The zero-order chi connectivity index (χ0) is 8.39. The van der Waals surface area contributed by atoms with E-state index in [1.54, 1.807) is 5.12 Å². The molecule has 1 atom stereocenters. The second kappa shape index (κ2) is 3.08. The number of aliphatic hydroxyl groups excluding tert-OH is 1. The number of nitrogens with one attached hydrogen (secondary N) is 3. The molecular weight excluding hydrogens is 156 g/mol. The third-order valence-electron chi connectivity index (χ3n) is 1.58. The van der Waals surface area contributed by atoms with Crippen LogP contribution in [0.5, 0.6) is 0 Å². The molecule has 1 aromatic carbocycles. The summed E-state index contributed by atoms with van der Waals surface area (Å²) in [5.41, 5.74) is 9.00. The SMILES string of the molecule is OC1NNN(c2ccccc2)N1. The second-order valence-corrected chi connectivity index (χ2v) is 2.46. The smallest absolute Gasteiger partial charge is 0.192 e. The van der Waals surface area contributed by atoms with Gasteiger partial charge in [-0.2, -0.15) is 16.4 Å². The molecule has 64 valence electrons. The molecular formula is C7H10N4O. The molecule has 12 heavy (non-hydrogen) atoms.